The number of carboxylic acid groups (broad SMARTS) is 1. The highest BCUT2D eigenvalue weighted by Crippen LogP contribution is 2.27. The van der Waals surface area contributed by atoms with Gasteiger partial charge in [-0.1, -0.05) is 18.2 Å². The van der Waals surface area contributed by atoms with Crippen molar-refractivity contribution in [1.29, 1.82) is 0 Å². The van der Waals surface area contributed by atoms with E-state index in [1.54, 1.807) is 6.07 Å². The van der Waals surface area contributed by atoms with Crippen LogP contribution < -0.4 is 5.32 Å². The minimum absolute atomic E-state index is 0.190. The molecule has 1 unspecified atom stereocenters. The van der Waals surface area contributed by atoms with Crippen molar-refractivity contribution in [2.24, 2.45) is 0 Å². The number of hydrogen-bond donors (Lipinski definition) is 2. The van der Waals surface area contributed by atoms with E-state index < -0.39 is 5.97 Å². The molecule has 2 heterocycles. The third-order valence-corrected chi connectivity index (χ3v) is 3.88. The summed E-state index contributed by atoms with van der Waals surface area (Å²) in [6.07, 6.45) is 2.01. The van der Waals surface area contributed by atoms with E-state index in [1.165, 1.54) is 0 Å². The lowest BCUT2D eigenvalue weighted by molar-refractivity contribution is 0.0314. The molecule has 2 N–H and O–H groups in total. The minimum atomic E-state index is -0.978. The summed E-state index contributed by atoms with van der Waals surface area (Å²) in [4.78, 5) is 15.9. The predicted octanol–water partition coefficient (Wildman–Crippen LogP) is 2.91. The van der Waals surface area contributed by atoms with Crippen LogP contribution in [-0.2, 0) is 4.74 Å². The maximum atomic E-state index is 11.4. The predicted molar refractivity (Wildman–Crippen MR) is 80.8 cm³/mol. The van der Waals surface area contributed by atoms with Crippen LogP contribution >= 0.6 is 0 Å². The van der Waals surface area contributed by atoms with Crippen LogP contribution in [0.4, 0.5) is 5.82 Å². The number of nitrogens with zero attached hydrogens (tertiary/aromatic N) is 1. The zero-order valence-electron chi connectivity index (χ0n) is 11.9. The molecule has 1 aliphatic rings. The Labute approximate surface area is 123 Å². The number of nitrogens with one attached hydrogen (secondary N) is 1. The van der Waals surface area contributed by atoms with E-state index in [-0.39, 0.29) is 11.2 Å². The molecule has 0 aliphatic carbocycles. The number of para-hydroxylation sites is 1. The average molecular weight is 286 g/mol. The quantitative estimate of drug-likeness (QED) is 0.904. The van der Waals surface area contributed by atoms with Crippen LogP contribution in [-0.4, -0.2) is 34.8 Å². The molecule has 2 aromatic rings. The number of ether oxygens (including phenoxy) is 1. The van der Waals surface area contributed by atoms with E-state index in [2.05, 4.69) is 10.3 Å². The highest BCUT2D eigenvalue weighted by atomic mass is 16.5. The molecule has 1 aliphatic heterocycles. The molecule has 110 valence electrons. The first-order valence-corrected chi connectivity index (χ1v) is 7.08. The first kappa shape index (κ1) is 13.8. The summed E-state index contributed by atoms with van der Waals surface area (Å²) in [5, 5.41) is 13.3. The first-order chi connectivity index (χ1) is 10.1. The molecule has 21 heavy (non-hydrogen) atoms. The van der Waals surface area contributed by atoms with Crippen molar-refractivity contribution in [2.75, 3.05) is 18.5 Å². The Bertz CT molecular complexity index is 678. The molecule has 1 fully saturated rings. The van der Waals surface area contributed by atoms with E-state index in [4.69, 9.17) is 4.74 Å². The third-order valence-electron chi connectivity index (χ3n) is 3.88. The van der Waals surface area contributed by atoms with Crippen LogP contribution in [0.15, 0.2) is 30.3 Å². The lowest BCUT2D eigenvalue weighted by atomic mass is 10.0. The average Bonchev–Trinajstić information content (AvgIpc) is 2.91. The largest absolute Gasteiger partial charge is 0.478 e. The zero-order valence-corrected chi connectivity index (χ0v) is 11.9. The third kappa shape index (κ3) is 2.83. The second kappa shape index (κ2) is 5.33. The molecule has 5 nitrogen and oxygen atoms in total. The van der Waals surface area contributed by atoms with Gasteiger partial charge in [0, 0.05) is 18.5 Å². The van der Waals surface area contributed by atoms with E-state index in [1.807, 2.05) is 31.2 Å². The van der Waals surface area contributed by atoms with E-state index in [9.17, 15) is 9.90 Å². The standard InChI is InChI=1S/C16H18N2O3/c1-16(7-4-8-21-16)10-17-14-12(15(19)20)9-11-5-2-3-6-13(11)18-14/h2-3,5-6,9H,4,7-8,10H2,1H3,(H,17,18)(H,19,20). The smallest absolute Gasteiger partial charge is 0.339 e. The van der Waals surface area contributed by atoms with Gasteiger partial charge in [-0.15, -0.1) is 0 Å². The van der Waals surface area contributed by atoms with Gasteiger partial charge in [-0.3, -0.25) is 0 Å². The molecule has 5 heteroatoms. The van der Waals surface area contributed by atoms with Gasteiger partial charge in [0.25, 0.3) is 0 Å². The molecule has 0 bridgehead atoms. The van der Waals surface area contributed by atoms with E-state index in [0.29, 0.717) is 12.4 Å². The van der Waals surface area contributed by atoms with Gasteiger partial charge in [0.1, 0.15) is 11.4 Å². The first-order valence-electron chi connectivity index (χ1n) is 7.08. The molecule has 0 amide bonds. The number of hydrogen-bond acceptors (Lipinski definition) is 4. The molecule has 1 aromatic carbocycles. The van der Waals surface area contributed by atoms with E-state index >= 15 is 0 Å². The van der Waals surface area contributed by atoms with Crippen molar-refractivity contribution in [1.82, 2.24) is 4.98 Å². The number of carboxylic acids is 1. The monoisotopic (exact) mass is 286 g/mol. The van der Waals surface area contributed by atoms with Gasteiger partial charge in [-0.2, -0.15) is 0 Å². The van der Waals surface area contributed by atoms with Gasteiger partial charge in [0.2, 0.25) is 0 Å². The van der Waals surface area contributed by atoms with Crippen molar-refractivity contribution in [3.8, 4) is 0 Å². The maximum Gasteiger partial charge on any atom is 0.339 e. The van der Waals surface area contributed by atoms with Crippen molar-refractivity contribution in [3.63, 3.8) is 0 Å². The number of aromatic nitrogens is 1. The van der Waals surface area contributed by atoms with Crippen LogP contribution in [0.2, 0.25) is 0 Å². The molecule has 0 spiro atoms. The second-order valence-electron chi connectivity index (χ2n) is 5.64. The van der Waals surface area contributed by atoms with Crippen LogP contribution in [0.3, 0.4) is 0 Å². The van der Waals surface area contributed by atoms with Crippen molar-refractivity contribution in [2.45, 2.75) is 25.4 Å². The summed E-state index contributed by atoms with van der Waals surface area (Å²) >= 11 is 0. The van der Waals surface area contributed by atoms with Gasteiger partial charge >= 0.3 is 5.97 Å². The molecule has 3 rings (SSSR count). The van der Waals surface area contributed by atoms with Crippen molar-refractivity contribution in [3.05, 3.63) is 35.9 Å². The maximum absolute atomic E-state index is 11.4. The molecule has 1 aromatic heterocycles. The minimum Gasteiger partial charge on any atom is -0.478 e. The van der Waals surface area contributed by atoms with Gasteiger partial charge in [-0.25, -0.2) is 9.78 Å². The molecular weight excluding hydrogens is 268 g/mol. The number of aromatic carboxylic acids is 1. The lowest BCUT2D eigenvalue weighted by Crippen LogP contribution is -2.33. The molecule has 1 atom stereocenters. The topological polar surface area (TPSA) is 71.5 Å². The summed E-state index contributed by atoms with van der Waals surface area (Å²) in [5.74, 6) is -0.578. The second-order valence-corrected chi connectivity index (χ2v) is 5.64. The zero-order chi connectivity index (χ0) is 14.9. The highest BCUT2D eigenvalue weighted by molar-refractivity contribution is 5.98. The van der Waals surface area contributed by atoms with Gasteiger partial charge in [0.05, 0.1) is 11.1 Å². The van der Waals surface area contributed by atoms with Crippen molar-refractivity contribution >= 4 is 22.7 Å². The van der Waals surface area contributed by atoms with Crippen LogP contribution in [0.25, 0.3) is 10.9 Å². The highest BCUT2D eigenvalue weighted by Gasteiger charge is 2.30. The molecular formula is C16H18N2O3. The fourth-order valence-corrected chi connectivity index (χ4v) is 2.66. The number of carbonyl (C=O) groups is 1. The fraction of sp³-hybridized carbons (Fsp3) is 0.375. The Morgan fingerprint density at radius 1 is 1.48 bits per heavy atom. The Morgan fingerprint density at radius 3 is 3.00 bits per heavy atom. The van der Waals surface area contributed by atoms with Crippen LogP contribution in [0, 0.1) is 0 Å². The Hall–Kier alpha value is -2.14. The molecule has 0 saturated carbocycles. The van der Waals surface area contributed by atoms with Gasteiger partial charge in [0.15, 0.2) is 0 Å². The van der Waals surface area contributed by atoms with E-state index in [0.717, 1.165) is 30.4 Å². The molecule has 0 radical (unpaired) electrons. The Kier molecular flexibility index (Phi) is 3.51. The van der Waals surface area contributed by atoms with Crippen LogP contribution in [0.1, 0.15) is 30.1 Å². The van der Waals surface area contributed by atoms with Crippen molar-refractivity contribution < 1.29 is 14.6 Å². The number of fused-ring (bicyclic) bond motifs is 1. The number of pyridine rings is 1. The number of rotatable bonds is 4. The number of benzene rings is 1. The molecule has 1 saturated heterocycles. The Balaban J connectivity index is 1.92. The lowest BCUT2D eigenvalue weighted by Gasteiger charge is -2.24. The van der Waals surface area contributed by atoms with Crippen LogP contribution in [0.5, 0.6) is 0 Å². The normalized spacial score (nSPS) is 21.6. The summed E-state index contributed by atoms with van der Waals surface area (Å²) in [7, 11) is 0. The summed E-state index contributed by atoms with van der Waals surface area (Å²) in [5.41, 5.74) is 0.723. The fourth-order valence-electron chi connectivity index (χ4n) is 2.66. The van der Waals surface area contributed by atoms with Gasteiger partial charge < -0.3 is 15.2 Å². The summed E-state index contributed by atoms with van der Waals surface area (Å²) in [6.45, 7) is 3.35. The van der Waals surface area contributed by atoms with Gasteiger partial charge in [-0.05, 0) is 31.9 Å². The SMILES string of the molecule is CC1(CNc2nc3ccccc3cc2C(=O)O)CCCO1. The summed E-state index contributed by atoms with van der Waals surface area (Å²) < 4.78 is 5.71. The summed E-state index contributed by atoms with van der Waals surface area (Å²) in [6, 6.07) is 9.15. The number of anilines is 1. The Morgan fingerprint density at radius 2 is 2.29 bits per heavy atom.